The molecule has 0 N–H and O–H groups in total. The van der Waals surface area contributed by atoms with E-state index in [1.807, 2.05) is 0 Å². The van der Waals surface area contributed by atoms with Gasteiger partial charge in [0.05, 0.1) is 16.7 Å². The Morgan fingerprint density at radius 1 is 0.543 bits per heavy atom. The second kappa shape index (κ2) is 15.0. The fourth-order valence-electron chi connectivity index (χ4n) is 12.5. The Labute approximate surface area is 410 Å². The summed E-state index contributed by atoms with van der Waals surface area (Å²) >= 11 is 0. The van der Waals surface area contributed by atoms with Crippen molar-refractivity contribution in [1.29, 1.82) is 0 Å². The van der Waals surface area contributed by atoms with Gasteiger partial charge in [-0.2, -0.15) is 0 Å². The third-order valence-electron chi connectivity index (χ3n) is 16.1. The van der Waals surface area contributed by atoms with Crippen LogP contribution in [0.4, 0.5) is 28.4 Å². The van der Waals surface area contributed by atoms with Crippen LogP contribution < -0.4 is 20.6 Å². The Hall–Kier alpha value is -8.02. The van der Waals surface area contributed by atoms with E-state index in [0.29, 0.717) is 0 Å². The van der Waals surface area contributed by atoms with E-state index in [1.54, 1.807) is 0 Å². The summed E-state index contributed by atoms with van der Waals surface area (Å²) in [6, 6.07) is 74.2. The lowest BCUT2D eigenvalue weighted by Crippen LogP contribution is -2.60. The van der Waals surface area contributed by atoms with Gasteiger partial charge in [0.15, 0.2) is 0 Å². The van der Waals surface area contributed by atoms with Crippen LogP contribution in [0.15, 0.2) is 205 Å². The van der Waals surface area contributed by atoms with Crippen LogP contribution in [0.5, 0.6) is 0 Å². The zero-order valence-corrected chi connectivity index (χ0v) is 40.3. The van der Waals surface area contributed by atoms with Gasteiger partial charge in [-0.15, -0.1) is 0 Å². The zero-order valence-electron chi connectivity index (χ0n) is 40.3. The van der Waals surface area contributed by atoms with Crippen LogP contribution in [-0.2, 0) is 10.8 Å². The topological polar surface area (TPSA) is 24.6 Å². The number of fused-ring (bicyclic) bond motifs is 10. The number of nitrogens with zero attached hydrogens (tertiary/aromatic N) is 3. The molecule has 4 heterocycles. The molecule has 14 rings (SSSR count). The third-order valence-corrected chi connectivity index (χ3v) is 16.1. The largest absolute Gasteiger partial charge is 0.455 e. The van der Waals surface area contributed by atoms with Gasteiger partial charge in [-0.3, -0.25) is 0 Å². The molecule has 0 unspecified atom stereocenters. The van der Waals surface area contributed by atoms with Crippen molar-refractivity contribution in [2.24, 2.45) is 0 Å². The SMILES string of the molecule is Cc1ccc(N2B3c4cc5oc(-c6ccccc6)c(-c6ccccc6)c5cc4-n4c5ccccc5c5c(N(c6ccccc6)c6ccccc6)cc(c3c54)-c3cc4c(cc32)C(C)(C)CCC4(C)C)cc1. The summed E-state index contributed by atoms with van der Waals surface area (Å²) in [6.07, 6.45) is 2.27. The number of hydrogen-bond donors (Lipinski definition) is 0. The van der Waals surface area contributed by atoms with Crippen LogP contribution in [0, 0.1) is 6.92 Å². The maximum absolute atomic E-state index is 7.24. The average Bonchev–Trinajstić information content (AvgIpc) is 3.95. The fourth-order valence-corrected chi connectivity index (χ4v) is 12.5. The van der Waals surface area contributed by atoms with Crippen LogP contribution >= 0.6 is 0 Å². The Morgan fingerprint density at radius 3 is 1.79 bits per heavy atom. The lowest BCUT2D eigenvalue weighted by molar-refractivity contribution is 0.332. The molecule has 0 fully saturated rings. The van der Waals surface area contributed by atoms with E-state index in [-0.39, 0.29) is 17.7 Å². The van der Waals surface area contributed by atoms with Crippen LogP contribution in [0.1, 0.15) is 57.2 Å². The molecule has 4 nitrogen and oxygen atoms in total. The molecular formula is C65H52BN3O. The number of rotatable bonds is 6. The summed E-state index contributed by atoms with van der Waals surface area (Å²) < 4.78 is 9.85. The van der Waals surface area contributed by atoms with E-state index >= 15 is 0 Å². The van der Waals surface area contributed by atoms with Gasteiger partial charge >= 0.3 is 6.85 Å². The molecule has 336 valence electrons. The normalized spacial score (nSPS) is 15.0. The van der Waals surface area contributed by atoms with Crippen LogP contribution in [0.2, 0.25) is 0 Å². The molecule has 70 heavy (non-hydrogen) atoms. The maximum atomic E-state index is 7.24. The van der Waals surface area contributed by atoms with E-state index in [1.165, 1.54) is 77.6 Å². The van der Waals surface area contributed by atoms with E-state index in [9.17, 15) is 0 Å². The highest BCUT2D eigenvalue weighted by Gasteiger charge is 2.47. The van der Waals surface area contributed by atoms with Crippen molar-refractivity contribution in [3.05, 3.63) is 217 Å². The van der Waals surface area contributed by atoms with Gasteiger partial charge in [-0.05, 0) is 137 Å². The molecule has 3 aliphatic rings. The van der Waals surface area contributed by atoms with Crippen molar-refractivity contribution in [1.82, 2.24) is 4.57 Å². The van der Waals surface area contributed by atoms with Gasteiger partial charge in [0.1, 0.15) is 11.3 Å². The average molecular weight is 902 g/mol. The first-order valence-corrected chi connectivity index (χ1v) is 24.9. The Bertz CT molecular complexity index is 3850. The summed E-state index contributed by atoms with van der Waals surface area (Å²) in [5.74, 6) is 0.884. The number of furan rings is 1. The van der Waals surface area contributed by atoms with Crippen LogP contribution in [0.25, 0.3) is 72.0 Å². The van der Waals surface area contributed by atoms with Crippen molar-refractivity contribution in [2.45, 2.75) is 58.3 Å². The Morgan fingerprint density at radius 2 is 1.13 bits per heavy atom. The minimum Gasteiger partial charge on any atom is -0.455 e. The Balaban J connectivity index is 1.19. The first kappa shape index (κ1) is 41.0. The fraction of sp³-hybridized carbons (Fsp3) is 0.138. The predicted molar refractivity (Wildman–Crippen MR) is 295 cm³/mol. The molecule has 0 amide bonds. The number of aromatic nitrogens is 1. The lowest BCUT2D eigenvalue weighted by Gasteiger charge is -2.46. The van der Waals surface area contributed by atoms with Crippen molar-refractivity contribution in [3.8, 4) is 39.3 Å². The smallest absolute Gasteiger partial charge is 0.333 e. The molecule has 0 spiro atoms. The molecule has 2 aliphatic heterocycles. The highest BCUT2D eigenvalue weighted by molar-refractivity contribution is 6.94. The number of hydrogen-bond acceptors (Lipinski definition) is 3. The Kier molecular flexibility index (Phi) is 8.78. The second-order valence-electron chi connectivity index (χ2n) is 21.2. The summed E-state index contributed by atoms with van der Waals surface area (Å²) in [7, 11) is 0. The first-order chi connectivity index (χ1) is 34.1. The zero-order chi connectivity index (χ0) is 47.0. The molecule has 0 radical (unpaired) electrons. The van der Waals surface area contributed by atoms with Crippen molar-refractivity contribution >= 4 is 79.0 Å². The van der Waals surface area contributed by atoms with Crippen LogP contribution in [-0.4, -0.2) is 11.4 Å². The lowest BCUT2D eigenvalue weighted by atomic mass is 9.43. The summed E-state index contributed by atoms with van der Waals surface area (Å²) in [5, 5.41) is 3.56. The monoisotopic (exact) mass is 901 g/mol. The minimum absolute atomic E-state index is 0.00451. The van der Waals surface area contributed by atoms with Crippen LogP contribution in [0.3, 0.4) is 0 Å². The summed E-state index contributed by atoms with van der Waals surface area (Å²) in [6.45, 7) is 11.8. The van der Waals surface area contributed by atoms with E-state index in [4.69, 9.17) is 4.42 Å². The van der Waals surface area contributed by atoms with Gasteiger partial charge in [-0.25, -0.2) is 0 Å². The molecule has 0 bridgehead atoms. The highest BCUT2D eigenvalue weighted by Crippen LogP contribution is 2.55. The van der Waals surface area contributed by atoms with Gasteiger partial charge in [0.25, 0.3) is 0 Å². The third kappa shape index (κ3) is 5.91. The second-order valence-corrected chi connectivity index (χ2v) is 21.2. The van der Waals surface area contributed by atoms with E-state index in [2.05, 4.69) is 249 Å². The first-order valence-electron chi connectivity index (χ1n) is 24.9. The van der Waals surface area contributed by atoms with Crippen molar-refractivity contribution in [2.75, 3.05) is 9.71 Å². The molecule has 11 aromatic rings. The molecule has 0 atom stereocenters. The minimum atomic E-state index is -0.192. The van der Waals surface area contributed by atoms with E-state index < -0.39 is 0 Å². The number of para-hydroxylation sites is 3. The molecule has 0 saturated heterocycles. The van der Waals surface area contributed by atoms with Crippen molar-refractivity contribution < 1.29 is 4.42 Å². The molecule has 2 aromatic heterocycles. The van der Waals surface area contributed by atoms with Gasteiger partial charge in [0.2, 0.25) is 0 Å². The molecule has 5 heteroatoms. The van der Waals surface area contributed by atoms with Gasteiger partial charge in [0, 0.05) is 61.3 Å². The predicted octanol–water partition coefficient (Wildman–Crippen LogP) is 16.2. The quantitative estimate of drug-likeness (QED) is 0.155. The van der Waals surface area contributed by atoms with E-state index in [0.717, 1.165) is 63.3 Å². The van der Waals surface area contributed by atoms with Crippen molar-refractivity contribution in [3.63, 3.8) is 0 Å². The number of anilines is 5. The molecular weight excluding hydrogens is 850 g/mol. The van der Waals surface area contributed by atoms with Gasteiger partial charge < -0.3 is 18.7 Å². The molecule has 0 saturated carbocycles. The molecule has 1 aliphatic carbocycles. The number of benzene rings is 9. The highest BCUT2D eigenvalue weighted by atomic mass is 16.3. The summed E-state index contributed by atoms with van der Waals surface area (Å²) in [5.41, 5.74) is 22.8. The standard InChI is InChI=1S/C65H52BN3O/c1-41-30-32-46(33-31-41)69-55-39-52-51(64(2,3)34-35-65(52,4)5)36-48(55)49-37-57(67(44-24-14-8-15-25-44)45-26-16-9-17-27-45)60-47-28-18-19-29-54(47)68-56-38-50-58(40-53(56)66(69)61(49)62(60)68)70-63(43-22-12-7-13-23-43)59(50)42-20-10-6-11-21-42/h6-33,36-40H,34-35H2,1-5H3. The number of aryl methyl sites for hydroxylation is 1. The molecule has 9 aromatic carbocycles. The maximum Gasteiger partial charge on any atom is 0.333 e. The van der Waals surface area contributed by atoms with Gasteiger partial charge in [-0.1, -0.05) is 161 Å². The summed E-state index contributed by atoms with van der Waals surface area (Å²) in [4.78, 5) is 5.18.